The lowest BCUT2D eigenvalue weighted by Gasteiger charge is -2.32. The molecule has 3 heterocycles. The highest BCUT2D eigenvalue weighted by Crippen LogP contribution is 2.18. The molecule has 1 atom stereocenters. The number of hydrogen-bond donors (Lipinski definition) is 1. The molecule has 126 valence electrons. The smallest absolute Gasteiger partial charge is 0.257 e. The summed E-state index contributed by atoms with van der Waals surface area (Å²) in [5.74, 6) is 0.109. The van der Waals surface area contributed by atoms with Gasteiger partial charge < -0.3 is 15.4 Å². The first-order valence-electron chi connectivity index (χ1n) is 8.03. The van der Waals surface area contributed by atoms with Crippen LogP contribution in [0.5, 0.6) is 0 Å². The van der Waals surface area contributed by atoms with Crippen molar-refractivity contribution in [2.45, 2.75) is 32.5 Å². The number of nitrogens with zero attached hydrogens (tertiary/aromatic N) is 4. The summed E-state index contributed by atoms with van der Waals surface area (Å²) < 4.78 is 5.93. The summed E-state index contributed by atoms with van der Waals surface area (Å²) in [5.41, 5.74) is 7.54. The van der Waals surface area contributed by atoms with Gasteiger partial charge in [0.05, 0.1) is 29.7 Å². The molecule has 1 saturated heterocycles. The van der Waals surface area contributed by atoms with Crippen molar-refractivity contribution in [3.05, 3.63) is 47.5 Å². The largest absolute Gasteiger partial charge is 0.370 e. The first-order valence-corrected chi connectivity index (χ1v) is 8.03. The highest BCUT2D eigenvalue weighted by molar-refractivity contribution is 5.95. The molecule has 0 radical (unpaired) electrons. The molecule has 2 N–H and O–H groups in total. The van der Waals surface area contributed by atoms with Crippen LogP contribution in [-0.4, -0.2) is 45.0 Å². The third-order valence-electron chi connectivity index (χ3n) is 4.09. The van der Waals surface area contributed by atoms with Crippen LogP contribution in [0.15, 0.2) is 30.6 Å². The molecule has 1 aliphatic rings. The quantitative estimate of drug-likeness (QED) is 0.916. The maximum atomic E-state index is 12.7. The Morgan fingerprint density at radius 2 is 2.29 bits per heavy atom. The zero-order valence-corrected chi connectivity index (χ0v) is 13.7. The molecule has 7 heteroatoms. The summed E-state index contributed by atoms with van der Waals surface area (Å²) in [6.45, 7) is 3.50. The minimum absolute atomic E-state index is 0.0136. The van der Waals surface area contributed by atoms with E-state index >= 15 is 0 Å². The van der Waals surface area contributed by atoms with Crippen molar-refractivity contribution in [3.63, 3.8) is 0 Å². The number of anilines is 1. The Hall–Kier alpha value is -2.54. The van der Waals surface area contributed by atoms with E-state index in [0.29, 0.717) is 31.0 Å². The van der Waals surface area contributed by atoms with Gasteiger partial charge in [0, 0.05) is 25.5 Å². The monoisotopic (exact) mass is 327 g/mol. The third kappa shape index (κ3) is 3.86. The second kappa shape index (κ2) is 7.35. The fraction of sp³-hybridized carbons (Fsp3) is 0.412. The Balaban J connectivity index is 1.61. The summed E-state index contributed by atoms with van der Waals surface area (Å²) in [6.07, 6.45) is 5.11. The zero-order chi connectivity index (χ0) is 16.9. The number of rotatable bonds is 4. The number of ether oxygens (including phenoxy) is 1. The Labute approximate surface area is 140 Å². The second-order valence-electron chi connectivity index (χ2n) is 5.87. The lowest BCUT2D eigenvalue weighted by Crippen LogP contribution is -2.43. The number of hydrogen-bond acceptors (Lipinski definition) is 6. The minimum Gasteiger partial charge on any atom is -0.370 e. The van der Waals surface area contributed by atoms with Gasteiger partial charge >= 0.3 is 0 Å². The summed E-state index contributed by atoms with van der Waals surface area (Å²) in [7, 11) is 0. The van der Waals surface area contributed by atoms with E-state index in [-0.39, 0.29) is 18.0 Å². The highest BCUT2D eigenvalue weighted by atomic mass is 16.5. The van der Waals surface area contributed by atoms with Crippen molar-refractivity contribution in [1.82, 2.24) is 19.9 Å². The van der Waals surface area contributed by atoms with E-state index in [1.165, 1.54) is 6.20 Å². The van der Waals surface area contributed by atoms with Gasteiger partial charge in [0.2, 0.25) is 5.95 Å². The van der Waals surface area contributed by atoms with E-state index in [1.54, 1.807) is 18.0 Å². The molecule has 0 aromatic carbocycles. The van der Waals surface area contributed by atoms with Gasteiger partial charge in [-0.25, -0.2) is 9.97 Å². The lowest BCUT2D eigenvalue weighted by atomic mass is 10.1. The van der Waals surface area contributed by atoms with Crippen LogP contribution in [0, 0.1) is 6.92 Å². The number of carbonyl (C=O) groups is 1. The Morgan fingerprint density at radius 3 is 3.04 bits per heavy atom. The van der Waals surface area contributed by atoms with E-state index in [4.69, 9.17) is 10.5 Å². The molecule has 0 saturated carbocycles. The molecule has 24 heavy (non-hydrogen) atoms. The van der Waals surface area contributed by atoms with Crippen molar-refractivity contribution >= 4 is 11.9 Å². The van der Waals surface area contributed by atoms with Gasteiger partial charge in [-0.1, -0.05) is 6.07 Å². The first-order chi connectivity index (χ1) is 11.6. The number of aryl methyl sites for hydroxylation is 1. The van der Waals surface area contributed by atoms with Gasteiger partial charge in [0.1, 0.15) is 0 Å². The number of aromatic nitrogens is 3. The Morgan fingerprint density at radius 1 is 1.42 bits per heavy atom. The highest BCUT2D eigenvalue weighted by Gasteiger charge is 2.26. The van der Waals surface area contributed by atoms with Crippen LogP contribution < -0.4 is 5.73 Å². The Bertz CT molecular complexity index is 707. The normalized spacial score (nSPS) is 17.7. The molecular weight excluding hydrogens is 306 g/mol. The van der Waals surface area contributed by atoms with Crippen molar-refractivity contribution in [1.29, 1.82) is 0 Å². The Kier molecular flexibility index (Phi) is 5.00. The van der Waals surface area contributed by atoms with Crippen LogP contribution in [-0.2, 0) is 11.3 Å². The van der Waals surface area contributed by atoms with Crippen LogP contribution in [0.2, 0.25) is 0 Å². The average Bonchev–Trinajstić information content (AvgIpc) is 2.61. The predicted octanol–water partition coefficient (Wildman–Crippen LogP) is 1.58. The van der Waals surface area contributed by atoms with Crippen LogP contribution >= 0.6 is 0 Å². The SMILES string of the molecule is Cc1nc(N)ncc1C(=O)N1CCCC(OCc2ccccn2)C1. The van der Waals surface area contributed by atoms with Crippen molar-refractivity contribution in [3.8, 4) is 0 Å². The van der Waals surface area contributed by atoms with Crippen LogP contribution in [0.1, 0.15) is 34.6 Å². The molecule has 0 bridgehead atoms. The molecule has 7 nitrogen and oxygen atoms in total. The molecule has 0 aliphatic carbocycles. The van der Waals surface area contributed by atoms with Gasteiger partial charge in [-0.15, -0.1) is 0 Å². The fourth-order valence-corrected chi connectivity index (χ4v) is 2.81. The second-order valence-corrected chi connectivity index (χ2v) is 5.87. The third-order valence-corrected chi connectivity index (χ3v) is 4.09. The number of nitrogen functional groups attached to an aromatic ring is 1. The molecule has 1 aliphatic heterocycles. The summed E-state index contributed by atoms with van der Waals surface area (Å²) in [6, 6.07) is 5.74. The summed E-state index contributed by atoms with van der Waals surface area (Å²) >= 11 is 0. The number of piperidine rings is 1. The predicted molar refractivity (Wildman–Crippen MR) is 89.1 cm³/mol. The van der Waals surface area contributed by atoms with Crippen molar-refractivity contribution in [2.75, 3.05) is 18.8 Å². The lowest BCUT2D eigenvalue weighted by molar-refractivity contribution is -0.00789. The van der Waals surface area contributed by atoms with Crippen molar-refractivity contribution < 1.29 is 9.53 Å². The topological polar surface area (TPSA) is 94.2 Å². The number of carbonyl (C=O) groups excluding carboxylic acids is 1. The molecule has 2 aromatic rings. The van der Waals surface area contributed by atoms with E-state index in [0.717, 1.165) is 18.5 Å². The van der Waals surface area contributed by atoms with Gasteiger partial charge in [-0.3, -0.25) is 9.78 Å². The van der Waals surface area contributed by atoms with E-state index in [1.807, 2.05) is 18.2 Å². The molecule has 0 spiro atoms. The van der Waals surface area contributed by atoms with Gasteiger partial charge in [-0.2, -0.15) is 0 Å². The van der Waals surface area contributed by atoms with Crippen LogP contribution in [0.4, 0.5) is 5.95 Å². The molecule has 1 amide bonds. The number of nitrogens with two attached hydrogens (primary N) is 1. The molecule has 2 aromatic heterocycles. The summed E-state index contributed by atoms with van der Waals surface area (Å²) in [4.78, 5) is 26.7. The van der Waals surface area contributed by atoms with Gasteiger partial charge in [0.15, 0.2) is 0 Å². The molecular formula is C17H21N5O2. The number of likely N-dealkylation sites (tertiary alicyclic amines) is 1. The van der Waals surface area contributed by atoms with E-state index in [2.05, 4.69) is 15.0 Å². The van der Waals surface area contributed by atoms with Crippen LogP contribution in [0.25, 0.3) is 0 Å². The zero-order valence-electron chi connectivity index (χ0n) is 13.7. The fourth-order valence-electron chi connectivity index (χ4n) is 2.81. The maximum absolute atomic E-state index is 12.7. The van der Waals surface area contributed by atoms with E-state index < -0.39 is 0 Å². The standard InChI is InChI=1S/C17H21N5O2/c1-12-15(9-20-17(18)21-12)16(23)22-8-4-6-14(10-22)24-11-13-5-2-3-7-19-13/h2-3,5,7,9,14H,4,6,8,10-11H2,1H3,(H2,18,20,21). The van der Waals surface area contributed by atoms with Crippen molar-refractivity contribution in [2.24, 2.45) is 0 Å². The summed E-state index contributed by atoms with van der Waals surface area (Å²) in [5, 5.41) is 0. The molecule has 3 rings (SSSR count). The molecule has 1 fully saturated rings. The number of pyridine rings is 1. The molecule has 1 unspecified atom stereocenters. The van der Waals surface area contributed by atoms with Crippen LogP contribution in [0.3, 0.4) is 0 Å². The number of amides is 1. The van der Waals surface area contributed by atoms with Gasteiger partial charge in [-0.05, 0) is 31.9 Å². The van der Waals surface area contributed by atoms with E-state index in [9.17, 15) is 4.79 Å². The average molecular weight is 327 g/mol. The maximum Gasteiger partial charge on any atom is 0.257 e. The minimum atomic E-state index is -0.0707. The van der Waals surface area contributed by atoms with Gasteiger partial charge in [0.25, 0.3) is 5.91 Å². The first kappa shape index (κ1) is 16.3.